The lowest BCUT2D eigenvalue weighted by Crippen LogP contribution is -2.35. The Labute approximate surface area is 148 Å². The van der Waals surface area contributed by atoms with Crippen molar-refractivity contribution in [3.8, 4) is 0 Å². The van der Waals surface area contributed by atoms with Gasteiger partial charge in [-0.3, -0.25) is 9.69 Å². The molecule has 22 heavy (non-hydrogen) atoms. The molecule has 0 N–H and O–H groups in total. The van der Waals surface area contributed by atoms with E-state index in [1.165, 1.54) is 11.8 Å². The van der Waals surface area contributed by atoms with Crippen molar-refractivity contribution in [2.24, 2.45) is 0 Å². The van der Waals surface area contributed by atoms with E-state index in [1.807, 2.05) is 0 Å². The zero-order valence-corrected chi connectivity index (χ0v) is 14.7. The molecule has 2 saturated heterocycles. The van der Waals surface area contributed by atoms with E-state index in [-0.39, 0.29) is 12.0 Å². The molecule has 0 radical (unpaired) electrons. The van der Waals surface area contributed by atoms with Gasteiger partial charge in [-0.05, 0) is 31.1 Å². The van der Waals surface area contributed by atoms with E-state index in [1.54, 1.807) is 29.2 Å². The van der Waals surface area contributed by atoms with Gasteiger partial charge in [0.15, 0.2) is 0 Å². The zero-order chi connectivity index (χ0) is 15.7. The summed E-state index contributed by atoms with van der Waals surface area (Å²) in [7, 11) is 0. The Hall–Kier alpha value is -0.590. The van der Waals surface area contributed by atoms with Crippen molar-refractivity contribution in [3.63, 3.8) is 0 Å². The minimum atomic E-state index is -0.110. The quantitative estimate of drug-likeness (QED) is 0.580. The van der Waals surface area contributed by atoms with Gasteiger partial charge in [0.25, 0.3) is 5.91 Å². The summed E-state index contributed by atoms with van der Waals surface area (Å²) in [6, 6.07) is 5.25. The molecule has 0 aromatic heterocycles. The fraction of sp³-hybridized carbons (Fsp3) is 0.333. The van der Waals surface area contributed by atoms with Gasteiger partial charge in [-0.1, -0.05) is 53.2 Å². The summed E-state index contributed by atoms with van der Waals surface area (Å²) in [4.78, 5) is 14.7. The van der Waals surface area contributed by atoms with Crippen LogP contribution in [-0.2, 0) is 9.53 Å². The summed E-state index contributed by atoms with van der Waals surface area (Å²) >= 11 is 18.9. The summed E-state index contributed by atoms with van der Waals surface area (Å²) in [6.45, 7) is 1.27. The first-order valence-corrected chi connectivity index (χ1v) is 8.85. The molecule has 3 nitrogen and oxygen atoms in total. The average Bonchev–Trinajstić information content (AvgIpc) is 3.07. The van der Waals surface area contributed by atoms with Crippen LogP contribution in [0.5, 0.6) is 0 Å². The SMILES string of the molecule is O=C1/C(=C/c2c(Cl)cccc2Cl)SC(=S)N1C[C@H]1CCCO1. The maximum Gasteiger partial charge on any atom is 0.266 e. The van der Waals surface area contributed by atoms with Crippen LogP contribution in [0.1, 0.15) is 18.4 Å². The van der Waals surface area contributed by atoms with E-state index in [2.05, 4.69) is 0 Å². The molecule has 0 saturated carbocycles. The van der Waals surface area contributed by atoms with Crippen LogP contribution in [-0.4, -0.2) is 34.4 Å². The normalized spacial score (nSPS) is 23.8. The molecule has 7 heteroatoms. The minimum Gasteiger partial charge on any atom is -0.376 e. The third-order valence-electron chi connectivity index (χ3n) is 3.56. The number of amides is 1. The highest BCUT2D eigenvalue weighted by molar-refractivity contribution is 8.26. The fourth-order valence-corrected chi connectivity index (χ4v) is 4.19. The Morgan fingerprint density at radius 2 is 2.14 bits per heavy atom. The summed E-state index contributed by atoms with van der Waals surface area (Å²) < 4.78 is 6.13. The van der Waals surface area contributed by atoms with Crippen LogP contribution in [0.3, 0.4) is 0 Å². The number of ether oxygens (including phenoxy) is 1. The first kappa shape index (κ1) is 16.3. The highest BCUT2D eigenvalue weighted by Gasteiger charge is 2.34. The largest absolute Gasteiger partial charge is 0.376 e. The van der Waals surface area contributed by atoms with Gasteiger partial charge in [0.1, 0.15) is 4.32 Å². The van der Waals surface area contributed by atoms with Crippen LogP contribution in [0, 0.1) is 0 Å². The second-order valence-corrected chi connectivity index (χ2v) is 7.55. The number of hydrogen-bond acceptors (Lipinski definition) is 4. The lowest BCUT2D eigenvalue weighted by atomic mass is 10.2. The highest BCUT2D eigenvalue weighted by atomic mass is 35.5. The molecule has 2 fully saturated rings. The summed E-state index contributed by atoms with van der Waals surface area (Å²) in [5.74, 6) is -0.110. The molecule has 1 aromatic carbocycles. The fourth-order valence-electron chi connectivity index (χ4n) is 2.43. The second kappa shape index (κ2) is 6.89. The predicted octanol–water partition coefficient (Wildman–Crippen LogP) is 4.37. The number of nitrogens with zero attached hydrogens (tertiary/aromatic N) is 1. The maximum atomic E-state index is 12.5. The molecule has 0 aliphatic carbocycles. The number of thiocarbonyl (C=S) groups is 1. The summed E-state index contributed by atoms with van der Waals surface area (Å²) in [6.07, 6.45) is 3.78. The summed E-state index contributed by atoms with van der Waals surface area (Å²) in [5, 5.41) is 1.02. The van der Waals surface area contributed by atoms with Crippen molar-refractivity contribution in [2.45, 2.75) is 18.9 Å². The third-order valence-corrected chi connectivity index (χ3v) is 5.60. The van der Waals surface area contributed by atoms with Crippen molar-refractivity contribution in [1.29, 1.82) is 0 Å². The zero-order valence-electron chi connectivity index (χ0n) is 11.6. The van der Waals surface area contributed by atoms with E-state index < -0.39 is 0 Å². The van der Waals surface area contributed by atoms with Crippen LogP contribution in [0.2, 0.25) is 10.0 Å². The maximum absolute atomic E-state index is 12.5. The number of carbonyl (C=O) groups excluding carboxylic acids is 1. The predicted molar refractivity (Wildman–Crippen MR) is 95.3 cm³/mol. The van der Waals surface area contributed by atoms with Gasteiger partial charge >= 0.3 is 0 Å². The third kappa shape index (κ3) is 3.34. The minimum absolute atomic E-state index is 0.0748. The Kier molecular flexibility index (Phi) is 5.10. The number of rotatable bonds is 3. The average molecular weight is 374 g/mol. The molecule has 1 aromatic rings. The standard InChI is InChI=1S/C15H13Cl2NO2S2/c16-11-4-1-5-12(17)10(11)7-13-14(19)18(15(21)22-13)8-9-3-2-6-20-9/h1,4-5,7,9H,2-3,6,8H2/b13-7-/t9-/m1/s1. The van der Waals surface area contributed by atoms with E-state index >= 15 is 0 Å². The number of halogens is 2. The molecule has 2 aliphatic heterocycles. The number of carbonyl (C=O) groups is 1. The van der Waals surface area contributed by atoms with Gasteiger partial charge in [-0.2, -0.15) is 0 Å². The van der Waals surface area contributed by atoms with Gasteiger partial charge in [0.2, 0.25) is 0 Å². The molecule has 2 heterocycles. The second-order valence-electron chi connectivity index (χ2n) is 5.06. The Balaban J connectivity index is 1.82. The van der Waals surface area contributed by atoms with Crippen molar-refractivity contribution in [3.05, 3.63) is 38.7 Å². The van der Waals surface area contributed by atoms with Crippen LogP contribution in [0.4, 0.5) is 0 Å². The van der Waals surface area contributed by atoms with Crippen molar-refractivity contribution < 1.29 is 9.53 Å². The molecular weight excluding hydrogens is 361 g/mol. The van der Waals surface area contributed by atoms with E-state index in [4.69, 9.17) is 40.2 Å². The highest BCUT2D eigenvalue weighted by Crippen LogP contribution is 2.36. The lowest BCUT2D eigenvalue weighted by Gasteiger charge is -2.18. The molecule has 116 valence electrons. The van der Waals surface area contributed by atoms with Crippen molar-refractivity contribution >= 4 is 63.5 Å². The van der Waals surface area contributed by atoms with E-state index in [0.717, 1.165) is 19.4 Å². The smallest absolute Gasteiger partial charge is 0.266 e. The molecule has 2 aliphatic rings. The number of thioether (sulfide) groups is 1. The van der Waals surface area contributed by atoms with Gasteiger partial charge < -0.3 is 4.74 Å². The van der Waals surface area contributed by atoms with Gasteiger partial charge in [0.05, 0.1) is 17.6 Å². The topological polar surface area (TPSA) is 29.5 Å². The summed E-state index contributed by atoms with van der Waals surface area (Å²) in [5.41, 5.74) is 0.642. The Bertz CT molecular complexity index is 637. The first-order chi connectivity index (χ1) is 10.6. The van der Waals surface area contributed by atoms with Crippen LogP contribution >= 0.6 is 47.2 Å². The molecule has 1 atom stereocenters. The van der Waals surface area contributed by atoms with Gasteiger partial charge in [-0.25, -0.2) is 0 Å². The Morgan fingerprint density at radius 3 is 2.77 bits per heavy atom. The van der Waals surface area contributed by atoms with E-state index in [9.17, 15) is 4.79 Å². The molecule has 3 rings (SSSR count). The van der Waals surface area contributed by atoms with Crippen LogP contribution < -0.4 is 0 Å². The van der Waals surface area contributed by atoms with Gasteiger partial charge in [0, 0.05) is 22.2 Å². The molecular formula is C15H13Cl2NO2S2. The molecule has 0 spiro atoms. The number of hydrogen-bond donors (Lipinski definition) is 0. The lowest BCUT2D eigenvalue weighted by molar-refractivity contribution is -0.123. The van der Waals surface area contributed by atoms with Crippen molar-refractivity contribution in [1.82, 2.24) is 4.90 Å². The first-order valence-electron chi connectivity index (χ1n) is 6.87. The van der Waals surface area contributed by atoms with E-state index in [0.29, 0.717) is 31.4 Å². The van der Waals surface area contributed by atoms with Crippen LogP contribution in [0.15, 0.2) is 23.1 Å². The van der Waals surface area contributed by atoms with Crippen LogP contribution in [0.25, 0.3) is 6.08 Å². The van der Waals surface area contributed by atoms with Gasteiger partial charge in [-0.15, -0.1) is 0 Å². The Morgan fingerprint density at radius 1 is 1.41 bits per heavy atom. The molecule has 1 amide bonds. The monoisotopic (exact) mass is 373 g/mol. The molecule has 0 bridgehead atoms. The number of benzene rings is 1. The van der Waals surface area contributed by atoms with Crippen molar-refractivity contribution in [2.75, 3.05) is 13.2 Å². The molecule has 0 unspecified atom stereocenters.